The van der Waals surface area contributed by atoms with Gasteiger partial charge in [-0.1, -0.05) is 19.1 Å². The number of piperidine rings is 1. The Morgan fingerprint density at radius 3 is 2.57 bits per heavy atom. The van der Waals surface area contributed by atoms with Crippen LogP contribution in [-0.4, -0.2) is 40.8 Å². The summed E-state index contributed by atoms with van der Waals surface area (Å²) in [7, 11) is 0. The molecule has 0 spiro atoms. The molecule has 1 aromatic carbocycles. The Kier molecular flexibility index (Phi) is 7.90. The summed E-state index contributed by atoms with van der Waals surface area (Å²) in [6, 6.07) is 10.8. The van der Waals surface area contributed by atoms with Crippen LogP contribution in [0.5, 0.6) is 0 Å². The number of halogens is 2. The molecule has 3 heterocycles. The summed E-state index contributed by atoms with van der Waals surface area (Å²) in [6.45, 7) is 9.47. The van der Waals surface area contributed by atoms with E-state index in [1.807, 2.05) is 26.8 Å². The fraction of sp³-hybridized carbons (Fsp3) is 0.393. The lowest BCUT2D eigenvalue weighted by Gasteiger charge is -2.39. The van der Waals surface area contributed by atoms with Gasteiger partial charge in [0.15, 0.2) is 0 Å². The molecule has 2 unspecified atom stereocenters. The number of nitrogens with one attached hydrogen (secondary N) is 2. The molecule has 1 saturated heterocycles. The van der Waals surface area contributed by atoms with Crippen molar-refractivity contribution in [3.8, 4) is 11.3 Å². The van der Waals surface area contributed by atoms with Gasteiger partial charge in [-0.2, -0.15) is 0 Å². The molecule has 3 aromatic rings. The Balaban J connectivity index is 1.47. The molecule has 0 bridgehead atoms. The van der Waals surface area contributed by atoms with E-state index < -0.39 is 23.3 Å². The first-order valence-corrected chi connectivity index (χ1v) is 12.4. The maximum Gasteiger partial charge on any atom is 0.407 e. The topological polar surface area (TPSA) is 79.4 Å². The highest BCUT2D eigenvalue weighted by Crippen LogP contribution is 2.30. The van der Waals surface area contributed by atoms with Crippen LogP contribution in [0.25, 0.3) is 11.3 Å². The maximum absolute atomic E-state index is 14.3. The number of nitrogens with zero attached hydrogens (tertiary/aromatic N) is 3. The minimum Gasteiger partial charge on any atom is -0.444 e. The molecule has 196 valence electrons. The first-order chi connectivity index (χ1) is 17.6. The van der Waals surface area contributed by atoms with Crippen molar-refractivity contribution in [2.24, 2.45) is 5.92 Å². The van der Waals surface area contributed by atoms with Gasteiger partial charge >= 0.3 is 6.09 Å². The normalized spacial score (nSPS) is 17.8. The standard InChI is InChI=1S/C28H33F2N5O2/c1-18-13-20(34-27(36)37-28(2,3)4)17-35(16-18)25-11-12-31-15-24(25)32-14-19-7-5-10-23(33-19)26-21(29)8-6-9-22(26)30/h5-12,15,18,20,32H,13-14,16-17H2,1-4H3,(H,34,36). The first kappa shape index (κ1) is 26.3. The molecule has 1 aliphatic rings. The van der Waals surface area contributed by atoms with Gasteiger partial charge in [0.25, 0.3) is 0 Å². The third-order valence-electron chi connectivity index (χ3n) is 6.00. The van der Waals surface area contributed by atoms with Gasteiger partial charge in [-0.3, -0.25) is 9.97 Å². The zero-order valence-electron chi connectivity index (χ0n) is 21.6. The highest BCUT2D eigenvalue weighted by molar-refractivity contribution is 5.70. The number of amides is 1. The van der Waals surface area contributed by atoms with E-state index in [4.69, 9.17) is 4.74 Å². The number of rotatable bonds is 6. The Labute approximate surface area is 216 Å². The van der Waals surface area contributed by atoms with Crippen LogP contribution >= 0.6 is 0 Å². The second-order valence-corrected chi connectivity index (χ2v) is 10.4. The van der Waals surface area contributed by atoms with Crippen LogP contribution in [0, 0.1) is 17.6 Å². The van der Waals surface area contributed by atoms with E-state index in [-0.39, 0.29) is 17.3 Å². The minimum absolute atomic E-state index is 0.0615. The molecule has 2 aromatic heterocycles. The van der Waals surface area contributed by atoms with Gasteiger partial charge in [-0.15, -0.1) is 0 Å². The van der Waals surface area contributed by atoms with Gasteiger partial charge < -0.3 is 20.3 Å². The van der Waals surface area contributed by atoms with E-state index in [9.17, 15) is 13.6 Å². The van der Waals surface area contributed by atoms with Crippen molar-refractivity contribution in [2.75, 3.05) is 23.3 Å². The predicted octanol–water partition coefficient (Wildman–Crippen LogP) is 5.77. The molecule has 1 fully saturated rings. The van der Waals surface area contributed by atoms with E-state index in [1.54, 1.807) is 30.6 Å². The lowest BCUT2D eigenvalue weighted by atomic mass is 9.95. The number of carbonyl (C=O) groups is 1. The van der Waals surface area contributed by atoms with Crippen LogP contribution in [0.3, 0.4) is 0 Å². The van der Waals surface area contributed by atoms with Crippen molar-refractivity contribution in [1.29, 1.82) is 0 Å². The molecular weight excluding hydrogens is 476 g/mol. The number of aromatic nitrogens is 2. The number of pyridine rings is 2. The Morgan fingerprint density at radius 1 is 1.11 bits per heavy atom. The molecule has 0 aliphatic carbocycles. The number of carbonyl (C=O) groups excluding carboxylic acids is 1. The third kappa shape index (κ3) is 6.93. The summed E-state index contributed by atoms with van der Waals surface area (Å²) in [5.41, 5.74) is 1.92. The molecule has 9 heteroatoms. The molecule has 0 radical (unpaired) electrons. The highest BCUT2D eigenvalue weighted by atomic mass is 19.1. The SMILES string of the molecule is CC1CC(NC(=O)OC(C)(C)C)CN(c2ccncc2NCc2cccc(-c3c(F)cccc3F)n2)C1. The largest absolute Gasteiger partial charge is 0.444 e. The summed E-state index contributed by atoms with van der Waals surface area (Å²) in [5, 5.41) is 6.37. The van der Waals surface area contributed by atoms with Gasteiger partial charge in [0.2, 0.25) is 0 Å². The number of benzene rings is 1. The van der Waals surface area contributed by atoms with Crippen LogP contribution in [0.2, 0.25) is 0 Å². The molecule has 2 atom stereocenters. The van der Waals surface area contributed by atoms with Gasteiger partial charge in [0.05, 0.1) is 41.1 Å². The van der Waals surface area contributed by atoms with Crippen LogP contribution in [0.4, 0.5) is 25.0 Å². The van der Waals surface area contributed by atoms with Gasteiger partial charge in [-0.25, -0.2) is 13.6 Å². The number of hydrogen-bond donors (Lipinski definition) is 2. The summed E-state index contributed by atoms with van der Waals surface area (Å²) in [6.07, 6.45) is 3.91. The van der Waals surface area contributed by atoms with Gasteiger partial charge in [0, 0.05) is 25.3 Å². The molecule has 4 rings (SSSR count). The monoisotopic (exact) mass is 509 g/mol. The van der Waals surface area contributed by atoms with E-state index in [0.717, 1.165) is 24.3 Å². The average Bonchev–Trinajstić information content (AvgIpc) is 2.81. The summed E-state index contributed by atoms with van der Waals surface area (Å²) >= 11 is 0. The molecule has 7 nitrogen and oxygen atoms in total. The lowest BCUT2D eigenvalue weighted by molar-refractivity contribution is 0.0495. The Bertz CT molecular complexity index is 1230. The summed E-state index contributed by atoms with van der Waals surface area (Å²) < 4.78 is 34.0. The fourth-order valence-corrected chi connectivity index (χ4v) is 4.57. The van der Waals surface area contributed by atoms with E-state index in [0.29, 0.717) is 24.7 Å². The van der Waals surface area contributed by atoms with E-state index in [1.165, 1.54) is 18.2 Å². The van der Waals surface area contributed by atoms with Crippen molar-refractivity contribution in [3.63, 3.8) is 0 Å². The fourth-order valence-electron chi connectivity index (χ4n) is 4.57. The summed E-state index contributed by atoms with van der Waals surface area (Å²) in [4.78, 5) is 23.3. The first-order valence-electron chi connectivity index (χ1n) is 12.4. The zero-order valence-corrected chi connectivity index (χ0v) is 21.6. The molecular formula is C28H33F2N5O2. The van der Waals surface area contributed by atoms with Crippen molar-refractivity contribution < 1.29 is 18.3 Å². The van der Waals surface area contributed by atoms with E-state index >= 15 is 0 Å². The smallest absolute Gasteiger partial charge is 0.407 e. The average molecular weight is 510 g/mol. The number of ether oxygens (including phenoxy) is 1. The number of alkyl carbamates (subject to hydrolysis) is 1. The van der Waals surface area contributed by atoms with Crippen molar-refractivity contribution in [2.45, 2.75) is 52.3 Å². The predicted molar refractivity (Wildman–Crippen MR) is 140 cm³/mol. The molecule has 2 N–H and O–H groups in total. The van der Waals surface area contributed by atoms with E-state index in [2.05, 4.69) is 32.4 Å². The second kappa shape index (κ2) is 11.1. The van der Waals surface area contributed by atoms with Crippen molar-refractivity contribution in [1.82, 2.24) is 15.3 Å². The Morgan fingerprint density at radius 2 is 1.84 bits per heavy atom. The van der Waals surface area contributed by atoms with Crippen molar-refractivity contribution >= 4 is 17.5 Å². The van der Waals surface area contributed by atoms with Crippen LogP contribution in [0.15, 0.2) is 54.9 Å². The Hall–Kier alpha value is -3.75. The molecule has 1 amide bonds. The third-order valence-corrected chi connectivity index (χ3v) is 6.00. The van der Waals surface area contributed by atoms with Gasteiger partial charge in [-0.05, 0) is 63.4 Å². The highest BCUT2D eigenvalue weighted by Gasteiger charge is 2.29. The van der Waals surface area contributed by atoms with Crippen LogP contribution in [0.1, 0.15) is 39.8 Å². The number of anilines is 2. The zero-order chi connectivity index (χ0) is 26.6. The molecule has 37 heavy (non-hydrogen) atoms. The lowest BCUT2D eigenvalue weighted by Crippen LogP contribution is -2.51. The minimum atomic E-state index is -0.652. The number of hydrogen-bond acceptors (Lipinski definition) is 6. The second-order valence-electron chi connectivity index (χ2n) is 10.4. The van der Waals surface area contributed by atoms with Crippen LogP contribution in [-0.2, 0) is 11.3 Å². The van der Waals surface area contributed by atoms with Gasteiger partial charge in [0.1, 0.15) is 17.2 Å². The van der Waals surface area contributed by atoms with Crippen LogP contribution < -0.4 is 15.5 Å². The molecule has 0 saturated carbocycles. The van der Waals surface area contributed by atoms with Crippen molar-refractivity contribution in [3.05, 3.63) is 72.2 Å². The summed E-state index contributed by atoms with van der Waals surface area (Å²) in [5.74, 6) is -0.953. The maximum atomic E-state index is 14.3. The quantitative estimate of drug-likeness (QED) is 0.439. The molecule has 1 aliphatic heterocycles.